The van der Waals surface area contributed by atoms with E-state index in [4.69, 9.17) is 0 Å². The van der Waals surface area contributed by atoms with Gasteiger partial charge in [0, 0.05) is 30.8 Å². The SMILES string of the molecule is CCC(CC)NCCn1ccc2ccc(C)cc21. The molecule has 0 aliphatic carbocycles. The number of nitrogens with zero attached hydrogens (tertiary/aromatic N) is 1. The van der Waals surface area contributed by atoms with Crippen LogP contribution in [0.4, 0.5) is 0 Å². The third kappa shape index (κ3) is 2.94. The lowest BCUT2D eigenvalue weighted by Gasteiger charge is -2.15. The minimum Gasteiger partial charge on any atom is -0.346 e. The summed E-state index contributed by atoms with van der Waals surface area (Å²) in [6.45, 7) is 8.73. The summed E-state index contributed by atoms with van der Waals surface area (Å²) in [6, 6.07) is 9.51. The molecule has 0 amide bonds. The van der Waals surface area contributed by atoms with Crippen molar-refractivity contribution in [1.29, 1.82) is 0 Å². The van der Waals surface area contributed by atoms with Crippen molar-refractivity contribution in [2.45, 2.75) is 46.2 Å². The molecule has 1 N–H and O–H groups in total. The second-order valence-corrected chi connectivity index (χ2v) is 5.04. The predicted molar refractivity (Wildman–Crippen MR) is 79.0 cm³/mol. The van der Waals surface area contributed by atoms with Crippen molar-refractivity contribution in [2.75, 3.05) is 6.54 Å². The van der Waals surface area contributed by atoms with E-state index in [1.165, 1.54) is 29.3 Å². The van der Waals surface area contributed by atoms with Crippen molar-refractivity contribution < 1.29 is 0 Å². The van der Waals surface area contributed by atoms with E-state index < -0.39 is 0 Å². The molecule has 0 spiro atoms. The van der Waals surface area contributed by atoms with E-state index in [1.54, 1.807) is 0 Å². The van der Waals surface area contributed by atoms with Gasteiger partial charge in [-0.05, 0) is 42.8 Å². The first-order valence-corrected chi connectivity index (χ1v) is 7.03. The Morgan fingerprint density at radius 2 is 1.94 bits per heavy atom. The minimum absolute atomic E-state index is 0.661. The van der Waals surface area contributed by atoms with E-state index in [1.807, 2.05) is 0 Å². The predicted octanol–water partition coefficient (Wildman–Crippen LogP) is 3.73. The molecule has 0 unspecified atom stereocenters. The summed E-state index contributed by atoms with van der Waals surface area (Å²) in [4.78, 5) is 0. The fraction of sp³-hybridized carbons (Fsp3) is 0.500. The molecule has 1 aromatic heterocycles. The Kier molecular flexibility index (Phi) is 4.43. The highest BCUT2D eigenvalue weighted by atomic mass is 15.0. The van der Waals surface area contributed by atoms with E-state index in [0.29, 0.717) is 6.04 Å². The molecular formula is C16H24N2. The molecule has 0 radical (unpaired) electrons. The van der Waals surface area contributed by atoms with Crippen molar-refractivity contribution in [2.24, 2.45) is 0 Å². The topological polar surface area (TPSA) is 17.0 Å². The molecule has 2 aromatic rings. The molecule has 2 nitrogen and oxygen atoms in total. The van der Waals surface area contributed by atoms with Gasteiger partial charge in [0.25, 0.3) is 0 Å². The molecule has 1 heterocycles. The van der Waals surface area contributed by atoms with Gasteiger partial charge in [-0.2, -0.15) is 0 Å². The highest BCUT2D eigenvalue weighted by molar-refractivity contribution is 5.80. The summed E-state index contributed by atoms with van der Waals surface area (Å²) in [7, 11) is 0. The average molecular weight is 244 g/mol. The van der Waals surface area contributed by atoms with Crippen LogP contribution in [0, 0.1) is 6.92 Å². The molecule has 18 heavy (non-hydrogen) atoms. The van der Waals surface area contributed by atoms with Crippen LogP contribution >= 0.6 is 0 Å². The molecule has 0 saturated carbocycles. The van der Waals surface area contributed by atoms with Crippen LogP contribution in [-0.4, -0.2) is 17.2 Å². The molecule has 0 atom stereocenters. The van der Waals surface area contributed by atoms with Crippen molar-refractivity contribution in [1.82, 2.24) is 9.88 Å². The highest BCUT2D eigenvalue weighted by Crippen LogP contribution is 2.17. The summed E-state index contributed by atoms with van der Waals surface area (Å²) in [6.07, 6.45) is 4.61. The third-order valence-electron chi connectivity index (χ3n) is 3.70. The number of aryl methyl sites for hydroxylation is 1. The zero-order chi connectivity index (χ0) is 13.0. The molecule has 0 aliphatic rings. The van der Waals surface area contributed by atoms with Gasteiger partial charge in [-0.1, -0.05) is 26.0 Å². The Hall–Kier alpha value is -1.28. The summed E-state index contributed by atoms with van der Waals surface area (Å²) < 4.78 is 2.34. The largest absolute Gasteiger partial charge is 0.346 e. The van der Waals surface area contributed by atoms with Crippen LogP contribution in [0.25, 0.3) is 10.9 Å². The van der Waals surface area contributed by atoms with Crippen LogP contribution in [-0.2, 0) is 6.54 Å². The number of rotatable bonds is 6. The number of aromatic nitrogens is 1. The number of fused-ring (bicyclic) bond motifs is 1. The maximum Gasteiger partial charge on any atom is 0.0483 e. The lowest BCUT2D eigenvalue weighted by Crippen LogP contribution is -2.30. The molecule has 0 aliphatic heterocycles. The Labute approximate surface area is 110 Å². The highest BCUT2D eigenvalue weighted by Gasteiger charge is 2.03. The van der Waals surface area contributed by atoms with E-state index in [9.17, 15) is 0 Å². The van der Waals surface area contributed by atoms with E-state index in [2.05, 4.69) is 61.1 Å². The van der Waals surface area contributed by atoms with Crippen LogP contribution < -0.4 is 5.32 Å². The molecule has 0 bridgehead atoms. The summed E-state index contributed by atoms with van der Waals surface area (Å²) in [5, 5.41) is 4.95. The van der Waals surface area contributed by atoms with Crippen LogP contribution in [0.2, 0.25) is 0 Å². The molecule has 98 valence electrons. The second kappa shape index (κ2) is 6.05. The standard InChI is InChI=1S/C16H24N2/c1-4-15(5-2)17-9-11-18-10-8-14-7-6-13(3)12-16(14)18/h6-8,10,12,15,17H,4-5,9,11H2,1-3H3. The fourth-order valence-corrected chi connectivity index (χ4v) is 2.46. The average Bonchev–Trinajstić information content (AvgIpc) is 2.77. The van der Waals surface area contributed by atoms with Gasteiger partial charge in [0.1, 0.15) is 0 Å². The first-order valence-electron chi connectivity index (χ1n) is 7.03. The van der Waals surface area contributed by atoms with Crippen molar-refractivity contribution in [3.63, 3.8) is 0 Å². The van der Waals surface area contributed by atoms with Crippen LogP contribution in [0.5, 0.6) is 0 Å². The zero-order valence-electron chi connectivity index (χ0n) is 11.7. The maximum atomic E-state index is 3.62. The lowest BCUT2D eigenvalue weighted by atomic mass is 10.2. The first kappa shape index (κ1) is 13.2. The van der Waals surface area contributed by atoms with Gasteiger partial charge < -0.3 is 9.88 Å². The molecule has 2 heteroatoms. The van der Waals surface area contributed by atoms with Gasteiger partial charge >= 0.3 is 0 Å². The van der Waals surface area contributed by atoms with Gasteiger partial charge in [0.05, 0.1) is 0 Å². The van der Waals surface area contributed by atoms with Gasteiger partial charge in [0.15, 0.2) is 0 Å². The van der Waals surface area contributed by atoms with Gasteiger partial charge in [-0.25, -0.2) is 0 Å². The van der Waals surface area contributed by atoms with Crippen molar-refractivity contribution in [3.8, 4) is 0 Å². The number of nitrogens with one attached hydrogen (secondary N) is 1. The molecule has 0 saturated heterocycles. The second-order valence-electron chi connectivity index (χ2n) is 5.04. The summed E-state index contributed by atoms with van der Waals surface area (Å²) >= 11 is 0. The molecule has 1 aromatic carbocycles. The van der Waals surface area contributed by atoms with Gasteiger partial charge in [-0.3, -0.25) is 0 Å². The third-order valence-corrected chi connectivity index (χ3v) is 3.70. The normalized spacial score (nSPS) is 11.6. The van der Waals surface area contributed by atoms with Crippen LogP contribution in [0.1, 0.15) is 32.3 Å². The van der Waals surface area contributed by atoms with Crippen molar-refractivity contribution in [3.05, 3.63) is 36.0 Å². The first-order chi connectivity index (χ1) is 8.74. The molecular weight excluding hydrogens is 220 g/mol. The lowest BCUT2D eigenvalue weighted by molar-refractivity contribution is 0.468. The van der Waals surface area contributed by atoms with E-state index >= 15 is 0 Å². The Morgan fingerprint density at radius 1 is 1.17 bits per heavy atom. The fourth-order valence-electron chi connectivity index (χ4n) is 2.46. The summed E-state index contributed by atoms with van der Waals surface area (Å²) in [5.41, 5.74) is 2.68. The minimum atomic E-state index is 0.661. The van der Waals surface area contributed by atoms with Crippen LogP contribution in [0.15, 0.2) is 30.5 Å². The Balaban J connectivity index is 2.01. The monoisotopic (exact) mass is 244 g/mol. The van der Waals surface area contributed by atoms with Crippen molar-refractivity contribution >= 4 is 10.9 Å². The van der Waals surface area contributed by atoms with E-state index in [0.717, 1.165) is 13.1 Å². The molecule has 2 rings (SSSR count). The molecule has 0 fully saturated rings. The number of hydrogen-bond donors (Lipinski definition) is 1. The Bertz CT molecular complexity index is 495. The summed E-state index contributed by atoms with van der Waals surface area (Å²) in [5.74, 6) is 0. The van der Waals surface area contributed by atoms with Crippen LogP contribution in [0.3, 0.4) is 0 Å². The maximum absolute atomic E-state index is 3.62. The quantitative estimate of drug-likeness (QED) is 0.819. The number of benzene rings is 1. The van der Waals surface area contributed by atoms with E-state index in [-0.39, 0.29) is 0 Å². The zero-order valence-corrected chi connectivity index (χ0v) is 11.7. The smallest absolute Gasteiger partial charge is 0.0483 e. The Morgan fingerprint density at radius 3 is 2.67 bits per heavy atom. The van der Waals surface area contributed by atoms with Gasteiger partial charge in [-0.15, -0.1) is 0 Å². The van der Waals surface area contributed by atoms with Gasteiger partial charge in [0.2, 0.25) is 0 Å². The number of hydrogen-bond acceptors (Lipinski definition) is 1.